The molecule has 3 atom stereocenters. The Balaban J connectivity index is 1.78. The Kier molecular flexibility index (Phi) is 4.96. The van der Waals surface area contributed by atoms with Gasteiger partial charge < -0.3 is 19.2 Å². The molecule has 27 heavy (non-hydrogen) atoms. The highest BCUT2D eigenvalue weighted by Gasteiger charge is 2.51. The number of likely N-dealkylation sites (tertiary alicyclic amines) is 1. The summed E-state index contributed by atoms with van der Waals surface area (Å²) in [6.45, 7) is 3.03. The van der Waals surface area contributed by atoms with Crippen molar-refractivity contribution in [1.82, 2.24) is 4.90 Å². The lowest BCUT2D eigenvalue weighted by Gasteiger charge is -2.52. The van der Waals surface area contributed by atoms with Gasteiger partial charge in [0.15, 0.2) is 5.76 Å². The molecule has 2 fully saturated rings. The Morgan fingerprint density at radius 3 is 2.89 bits per heavy atom. The van der Waals surface area contributed by atoms with Gasteiger partial charge in [0.1, 0.15) is 5.75 Å². The van der Waals surface area contributed by atoms with Crippen molar-refractivity contribution in [1.29, 1.82) is 0 Å². The van der Waals surface area contributed by atoms with Gasteiger partial charge in [-0.1, -0.05) is 31.0 Å². The van der Waals surface area contributed by atoms with Gasteiger partial charge in [0.2, 0.25) is 0 Å². The van der Waals surface area contributed by atoms with Crippen LogP contribution >= 0.6 is 0 Å². The van der Waals surface area contributed by atoms with E-state index >= 15 is 0 Å². The van der Waals surface area contributed by atoms with Gasteiger partial charge in [-0.25, -0.2) is 0 Å². The van der Waals surface area contributed by atoms with E-state index in [1.54, 1.807) is 12.1 Å². The minimum absolute atomic E-state index is 0.000480. The Labute approximate surface area is 159 Å². The van der Waals surface area contributed by atoms with Gasteiger partial charge in [-0.3, -0.25) is 4.79 Å². The number of hydrogen-bond acceptors (Lipinski definition) is 4. The number of aliphatic hydroxyl groups is 1. The zero-order valence-electron chi connectivity index (χ0n) is 15.8. The number of para-hydroxylation sites is 1. The topological polar surface area (TPSA) is 62.9 Å². The summed E-state index contributed by atoms with van der Waals surface area (Å²) in [5, 5.41) is 11.4. The SMILES string of the molecule is CCOc1ccccc1[C@H]1C2CCCCC2(O)CCN1C(=O)c1ccco1. The van der Waals surface area contributed by atoms with E-state index in [1.807, 2.05) is 36.1 Å². The molecule has 5 heteroatoms. The smallest absolute Gasteiger partial charge is 0.290 e. The molecule has 1 aromatic carbocycles. The van der Waals surface area contributed by atoms with Crippen molar-refractivity contribution in [3.8, 4) is 5.75 Å². The molecule has 0 bridgehead atoms. The van der Waals surface area contributed by atoms with Crippen LogP contribution in [0.1, 0.15) is 61.2 Å². The average Bonchev–Trinajstić information content (AvgIpc) is 3.22. The van der Waals surface area contributed by atoms with Crippen LogP contribution in [0.15, 0.2) is 47.1 Å². The average molecular weight is 369 g/mol. The van der Waals surface area contributed by atoms with Gasteiger partial charge in [-0.2, -0.15) is 0 Å². The number of hydrogen-bond donors (Lipinski definition) is 1. The van der Waals surface area contributed by atoms with E-state index in [2.05, 4.69) is 0 Å². The summed E-state index contributed by atoms with van der Waals surface area (Å²) in [4.78, 5) is 15.1. The summed E-state index contributed by atoms with van der Waals surface area (Å²) >= 11 is 0. The first-order valence-electron chi connectivity index (χ1n) is 9.92. The second kappa shape index (κ2) is 7.39. The van der Waals surface area contributed by atoms with E-state index in [0.717, 1.165) is 37.0 Å². The van der Waals surface area contributed by atoms with Crippen LogP contribution in [-0.2, 0) is 0 Å². The van der Waals surface area contributed by atoms with Crippen molar-refractivity contribution < 1.29 is 19.1 Å². The van der Waals surface area contributed by atoms with Gasteiger partial charge in [0, 0.05) is 18.0 Å². The molecule has 1 amide bonds. The van der Waals surface area contributed by atoms with Crippen molar-refractivity contribution in [2.24, 2.45) is 5.92 Å². The summed E-state index contributed by atoms with van der Waals surface area (Å²) in [6.07, 6.45) is 5.95. The number of carbonyl (C=O) groups is 1. The molecule has 4 rings (SSSR count). The fourth-order valence-electron chi connectivity index (χ4n) is 4.85. The van der Waals surface area contributed by atoms with Crippen LogP contribution in [0, 0.1) is 5.92 Å². The summed E-state index contributed by atoms with van der Waals surface area (Å²) < 4.78 is 11.3. The third-order valence-corrected chi connectivity index (χ3v) is 6.10. The van der Waals surface area contributed by atoms with E-state index in [-0.39, 0.29) is 17.9 Å². The number of nitrogens with zero attached hydrogens (tertiary/aromatic N) is 1. The third kappa shape index (κ3) is 3.25. The van der Waals surface area contributed by atoms with Crippen LogP contribution in [0.25, 0.3) is 0 Å². The monoisotopic (exact) mass is 369 g/mol. The first-order valence-corrected chi connectivity index (χ1v) is 9.92. The molecule has 2 aliphatic rings. The summed E-state index contributed by atoms with van der Waals surface area (Å²) in [5.41, 5.74) is 0.256. The van der Waals surface area contributed by atoms with Crippen LogP contribution in [-0.4, -0.2) is 34.7 Å². The molecule has 5 nitrogen and oxygen atoms in total. The highest BCUT2D eigenvalue weighted by molar-refractivity contribution is 5.92. The zero-order valence-corrected chi connectivity index (χ0v) is 15.8. The number of benzene rings is 1. The minimum atomic E-state index is -0.720. The van der Waals surface area contributed by atoms with Crippen LogP contribution < -0.4 is 4.74 Å². The Morgan fingerprint density at radius 1 is 1.26 bits per heavy atom. The van der Waals surface area contributed by atoms with Crippen LogP contribution in [0.3, 0.4) is 0 Å². The van der Waals surface area contributed by atoms with Crippen molar-refractivity contribution >= 4 is 5.91 Å². The van der Waals surface area contributed by atoms with E-state index in [9.17, 15) is 9.90 Å². The molecule has 0 spiro atoms. The molecule has 144 valence electrons. The molecule has 1 aliphatic carbocycles. The van der Waals surface area contributed by atoms with Crippen LogP contribution in [0.2, 0.25) is 0 Å². The number of amides is 1. The molecule has 1 saturated carbocycles. The minimum Gasteiger partial charge on any atom is -0.494 e. The van der Waals surface area contributed by atoms with Gasteiger partial charge in [0.25, 0.3) is 5.91 Å². The molecule has 2 unspecified atom stereocenters. The maximum absolute atomic E-state index is 13.2. The molecule has 2 aromatic rings. The lowest BCUT2D eigenvalue weighted by molar-refractivity contribution is -0.115. The van der Waals surface area contributed by atoms with Crippen molar-refractivity contribution in [3.05, 3.63) is 54.0 Å². The normalized spacial score (nSPS) is 27.9. The van der Waals surface area contributed by atoms with Crippen molar-refractivity contribution in [3.63, 3.8) is 0 Å². The fourth-order valence-corrected chi connectivity index (χ4v) is 4.85. The van der Waals surface area contributed by atoms with Gasteiger partial charge >= 0.3 is 0 Å². The summed E-state index contributed by atoms with van der Waals surface area (Å²) in [6, 6.07) is 11.1. The summed E-state index contributed by atoms with van der Waals surface area (Å²) in [5.74, 6) is 1.01. The second-order valence-electron chi connectivity index (χ2n) is 7.60. The van der Waals surface area contributed by atoms with E-state index < -0.39 is 5.60 Å². The van der Waals surface area contributed by atoms with E-state index in [0.29, 0.717) is 25.3 Å². The molecular weight excluding hydrogens is 342 g/mol. The Morgan fingerprint density at radius 2 is 2.11 bits per heavy atom. The molecule has 1 aromatic heterocycles. The highest BCUT2D eigenvalue weighted by atomic mass is 16.5. The standard InChI is InChI=1S/C22H27NO4/c1-2-26-18-10-4-3-8-16(18)20-17-9-5-6-12-22(17,25)13-14-23(20)21(24)19-11-7-15-27-19/h3-4,7-8,10-11,15,17,20,25H,2,5-6,9,12-14H2,1H3/t17?,20-,22?/m0/s1. The number of fused-ring (bicyclic) bond motifs is 1. The highest BCUT2D eigenvalue weighted by Crippen LogP contribution is 2.51. The van der Waals surface area contributed by atoms with Crippen molar-refractivity contribution in [2.45, 2.75) is 50.7 Å². The number of piperidine rings is 1. The number of carbonyl (C=O) groups excluding carboxylic acids is 1. The van der Waals surface area contributed by atoms with E-state index in [1.165, 1.54) is 6.26 Å². The predicted octanol–water partition coefficient (Wildman–Crippen LogP) is 4.19. The lowest BCUT2D eigenvalue weighted by atomic mass is 9.66. The number of rotatable bonds is 4. The molecular formula is C22H27NO4. The third-order valence-electron chi connectivity index (χ3n) is 6.10. The molecule has 1 aliphatic heterocycles. The quantitative estimate of drug-likeness (QED) is 0.878. The first kappa shape index (κ1) is 18.1. The molecule has 1 N–H and O–H groups in total. The summed E-state index contributed by atoms with van der Waals surface area (Å²) in [7, 11) is 0. The maximum Gasteiger partial charge on any atom is 0.290 e. The molecule has 0 radical (unpaired) electrons. The Hall–Kier alpha value is -2.27. The first-order chi connectivity index (χ1) is 13.1. The maximum atomic E-state index is 13.2. The van der Waals surface area contributed by atoms with E-state index in [4.69, 9.17) is 9.15 Å². The van der Waals surface area contributed by atoms with Gasteiger partial charge in [-0.15, -0.1) is 0 Å². The lowest BCUT2D eigenvalue weighted by Crippen LogP contribution is -2.56. The second-order valence-corrected chi connectivity index (χ2v) is 7.60. The molecule has 1 saturated heterocycles. The number of furan rings is 1. The zero-order chi connectivity index (χ0) is 18.9. The van der Waals surface area contributed by atoms with Crippen LogP contribution in [0.5, 0.6) is 5.75 Å². The van der Waals surface area contributed by atoms with Gasteiger partial charge in [0.05, 0.1) is 24.5 Å². The number of ether oxygens (including phenoxy) is 1. The van der Waals surface area contributed by atoms with Gasteiger partial charge in [-0.05, 0) is 44.4 Å². The van der Waals surface area contributed by atoms with Crippen molar-refractivity contribution in [2.75, 3.05) is 13.2 Å². The Bertz CT molecular complexity index is 787. The fraction of sp³-hybridized carbons (Fsp3) is 0.500. The molecule has 2 heterocycles. The largest absolute Gasteiger partial charge is 0.494 e. The van der Waals surface area contributed by atoms with Crippen LogP contribution in [0.4, 0.5) is 0 Å². The predicted molar refractivity (Wildman–Crippen MR) is 102 cm³/mol.